The van der Waals surface area contributed by atoms with E-state index in [1.165, 1.54) is 11.3 Å². The molecular formula is C14H17N3O3S. The van der Waals surface area contributed by atoms with Crippen molar-refractivity contribution in [3.05, 3.63) is 50.5 Å². The van der Waals surface area contributed by atoms with Crippen LogP contribution < -0.4 is 10.1 Å². The second-order valence-corrected chi connectivity index (χ2v) is 5.46. The van der Waals surface area contributed by atoms with E-state index in [0.29, 0.717) is 13.2 Å². The molecule has 0 saturated heterocycles. The van der Waals surface area contributed by atoms with Crippen LogP contribution in [0.2, 0.25) is 0 Å². The first-order chi connectivity index (χ1) is 10.2. The Morgan fingerprint density at radius 3 is 3.00 bits per heavy atom. The van der Waals surface area contributed by atoms with E-state index in [9.17, 15) is 10.1 Å². The Morgan fingerprint density at radius 1 is 1.48 bits per heavy atom. The molecule has 21 heavy (non-hydrogen) atoms. The SMILES string of the molecule is CCCNCc1ccc(OCc2cncs2)c([N+](=O)[O-])c1. The number of hydrogen-bond acceptors (Lipinski definition) is 6. The zero-order valence-electron chi connectivity index (χ0n) is 11.7. The van der Waals surface area contributed by atoms with Gasteiger partial charge in [-0.1, -0.05) is 13.0 Å². The van der Waals surface area contributed by atoms with Gasteiger partial charge < -0.3 is 10.1 Å². The van der Waals surface area contributed by atoms with Crippen LogP contribution in [0, 0.1) is 10.1 Å². The largest absolute Gasteiger partial charge is 0.481 e. The summed E-state index contributed by atoms with van der Waals surface area (Å²) in [6.07, 6.45) is 2.72. The predicted molar refractivity (Wildman–Crippen MR) is 81.5 cm³/mol. The third-order valence-electron chi connectivity index (χ3n) is 2.83. The fourth-order valence-electron chi connectivity index (χ4n) is 1.81. The van der Waals surface area contributed by atoms with Crippen molar-refractivity contribution in [2.75, 3.05) is 6.54 Å². The molecule has 1 N–H and O–H groups in total. The Labute approximate surface area is 126 Å². The number of hydrogen-bond donors (Lipinski definition) is 1. The van der Waals surface area contributed by atoms with Crippen molar-refractivity contribution in [3.63, 3.8) is 0 Å². The van der Waals surface area contributed by atoms with Gasteiger partial charge in [0.1, 0.15) is 6.61 Å². The predicted octanol–water partition coefficient (Wildman–Crippen LogP) is 3.13. The molecule has 2 rings (SSSR count). The van der Waals surface area contributed by atoms with E-state index >= 15 is 0 Å². The minimum Gasteiger partial charge on any atom is -0.481 e. The van der Waals surface area contributed by atoms with Crippen molar-refractivity contribution in [2.24, 2.45) is 0 Å². The molecule has 0 radical (unpaired) electrons. The second kappa shape index (κ2) is 7.70. The molecule has 0 bridgehead atoms. The van der Waals surface area contributed by atoms with Gasteiger partial charge in [0.2, 0.25) is 0 Å². The van der Waals surface area contributed by atoms with Crippen LogP contribution >= 0.6 is 11.3 Å². The van der Waals surface area contributed by atoms with Gasteiger partial charge in [-0.05, 0) is 24.6 Å². The van der Waals surface area contributed by atoms with Crippen LogP contribution in [0.5, 0.6) is 5.75 Å². The lowest BCUT2D eigenvalue weighted by Crippen LogP contribution is -2.13. The van der Waals surface area contributed by atoms with Crippen LogP contribution in [0.3, 0.4) is 0 Å². The molecule has 0 aliphatic carbocycles. The number of nitro groups is 1. The fraction of sp³-hybridized carbons (Fsp3) is 0.357. The van der Waals surface area contributed by atoms with Crippen molar-refractivity contribution in [1.29, 1.82) is 0 Å². The Balaban J connectivity index is 2.07. The van der Waals surface area contributed by atoms with Gasteiger partial charge in [0.25, 0.3) is 0 Å². The first kappa shape index (κ1) is 15.4. The Kier molecular flexibility index (Phi) is 5.65. The monoisotopic (exact) mass is 307 g/mol. The molecule has 0 fully saturated rings. The molecule has 0 saturated carbocycles. The van der Waals surface area contributed by atoms with Gasteiger partial charge in [0.15, 0.2) is 5.75 Å². The van der Waals surface area contributed by atoms with Crippen LogP contribution in [-0.4, -0.2) is 16.5 Å². The summed E-state index contributed by atoms with van der Waals surface area (Å²) in [5.41, 5.74) is 2.57. The van der Waals surface area contributed by atoms with E-state index < -0.39 is 4.92 Å². The molecule has 0 unspecified atom stereocenters. The lowest BCUT2D eigenvalue weighted by atomic mass is 10.2. The summed E-state index contributed by atoms with van der Waals surface area (Å²) in [6, 6.07) is 5.06. The maximum atomic E-state index is 11.2. The minimum absolute atomic E-state index is 0.00434. The molecule has 112 valence electrons. The van der Waals surface area contributed by atoms with Gasteiger partial charge in [-0.15, -0.1) is 11.3 Å². The highest BCUT2D eigenvalue weighted by atomic mass is 32.1. The van der Waals surface area contributed by atoms with Gasteiger partial charge >= 0.3 is 5.69 Å². The number of ether oxygens (including phenoxy) is 1. The zero-order chi connectivity index (χ0) is 15.1. The van der Waals surface area contributed by atoms with Gasteiger partial charge in [0, 0.05) is 18.8 Å². The lowest BCUT2D eigenvalue weighted by molar-refractivity contribution is -0.386. The van der Waals surface area contributed by atoms with E-state index in [0.717, 1.165) is 23.4 Å². The summed E-state index contributed by atoms with van der Waals surface area (Å²) in [7, 11) is 0. The van der Waals surface area contributed by atoms with Crippen molar-refractivity contribution < 1.29 is 9.66 Å². The molecule has 6 nitrogen and oxygen atoms in total. The molecule has 0 aliphatic heterocycles. The smallest absolute Gasteiger partial charge is 0.311 e. The molecular weight excluding hydrogens is 290 g/mol. The van der Waals surface area contributed by atoms with Crippen molar-refractivity contribution in [2.45, 2.75) is 26.5 Å². The topological polar surface area (TPSA) is 77.3 Å². The third-order valence-corrected chi connectivity index (χ3v) is 3.58. The number of benzene rings is 1. The molecule has 1 aromatic heterocycles. The van der Waals surface area contributed by atoms with Crippen molar-refractivity contribution in [3.8, 4) is 5.75 Å². The number of nitrogens with zero attached hydrogens (tertiary/aromatic N) is 2. The lowest BCUT2D eigenvalue weighted by Gasteiger charge is -2.08. The van der Waals surface area contributed by atoms with E-state index in [1.54, 1.807) is 23.8 Å². The van der Waals surface area contributed by atoms with Crippen molar-refractivity contribution >= 4 is 17.0 Å². The molecule has 0 aliphatic rings. The standard InChI is InChI=1S/C14H17N3O3S/c1-2-5-15-7-11-3-4-14(13(6-11)17(18)19)20-9-12-8-16-10-21-12/h3-4,6,8,10,15H,2,5,7,9H2,1H3. The molecule has 2 aromatic rings. The molecule has 0 atom stereocenters. The van der Waals surface area contributed by atoms with Crippen LogP contribution in [0.25, 0.3) is 0 Å². The average molecular weight is 307 g/mol. The highest BCUT2D eigenvalue weighted by Crippen LogP contribution is 2.29. The minimum atomic E-state index is -0.411. The molecule has 1 heterocycles. The quantitative estimate of drug-likeness (QED) is 0.460. The molecule has 0 spiro atoms. The number of rotatable bonds is 8. The summed E-state index contributed by atoms with van der Waals surface area (Å²) in [5.74, 6) is 0.285. The number of nitrogens with one attached hydrogen (secondary N) is 1. The molecule has 7 heteroatoms. The van der Waals surface area contributed by atoms with E-state index in [1.807, 2.05) is 6.07 Å². The summed E-state index contributed by atoms with van der Waals surface area (Å²) in [6.45, 7) is 3.87. The molecule has 1 aromatic carbocycles. The summed E-state index contributed by atoms with van der Waals surface area (Å²) in [4.78, 5) is 15.6. The Morgan fingerprint density at radius 2 is 2.33 bits per heavy atom. The Bertz CT molecular complexity index is 587. The van der Waals surface area contributed by atoms with Gasteiger partial charge in [-0.3, -0.25) is 15.1 Å². The summed E-state index contributed by atoms with van der Waals surface area (Å²) < 4.78 is 5.53. The van der Waals surface area contributed by atoms with Crippen LogP contribution in [-0.2, 0) is 13.2 Å². The number of aromatic nitrogens is 1. The summed E-state index contributed by atoms with van der Waals surface area (Å²) >= 11 is 1.46. The van der Waals surface area contributed by atoms with Gasteiger partial charge in [-0.25, -0.2) is 0 Å². The van der Waals surface area contributed by atoms with E-state index in [-0.39, 0.29) is 11.4 Å². The average Bonchev–Trinajstić information content (AvgIpc) is 2.99. The van der Waals surface area contributed by atoms with Crippen LogP contribution in [0.4, 0.5) is 5.69 Å². The number of thiazole rings is 1. The van der Waals surface area contributed by atoms with E-state index in [2.05, 4.69) is 17.2 Å². The van der Waals surface area contributed by atoms with Crippen LogP contribution in [0.15, 0.2) is 29.9 Å². The fourth-order valence-corrected chi connectivity index (χ4v) is 2.32. The second-order valence-electron chi connectivity index (χ2n) is 4.49. The maximum absolute atomic E-state index is 11.2. The molecule has 0 amide bonds. The van der Waals surface area contributed by atoms with Gasteiger partial charge in [0.05, 0.1) is 15.3 Å². The third kappa shape index (κ3) is 4.51. The first-order valence-corrected chi connectivity index (χ1v) is 7.57. The van der Waals surface area contributed by atoms with E-state index in [4.69, 9.17) is 4.74 Å². The highest BCUT2D eigenvalue weighted by molar-refractivity contribution is 7.09. The van der Waals surface area contributed by atoms with Crippen LogP contribution in [0.1, 0.15) is 23.8 Å². The number of nitro benzene ring substituents is 1. The normalized spacial score (nSPS) is 10.5. The Hall–Kier alpha value is -1.99. The first-order valence-electron chi connectivity index (χ1n) is 6.69. The maximum Gasteiger partial charge on any atom is 0.311 e. The highest BCUT2D eigenvalue weighted by Gasteiger charge is 2.16. The van der Waals surface area contributed by atoms with Crippen molar-refractivity contribution in [1.82, 2.24) is 10.3 Å². The summed E-state index contributed by atoms with van der Waals surface area (Å²) in [5, 5.41) is 14.4. The zero-order valence-corrected chi connectivity index (χ0v) is 12.6. The van der Waals surface area contributed by atoms with Gasteiger partial charge in [-0.2, -0.15) is 0 Å².